The molecule has 2 N–H and O–H groups in total. The van der Waals surface area contributed by atoms with Gasteiger partial charge in [-0.3, -0.25) is 0 Å². The highest BCUT2D eigenvalue weighted by molar-refractivity contribution is 14.0. The van der Waals surface area contributed by atoms with Crippen LogP contribution in [-0.4, -0.2) is 35.5 Å². The van der Waals surface area contributed by atoms with Crippen molar-refractivity contribution in [3.05, 3.63) is 35.6 Å². The molecule has 108 valence electrons. The Bertz CT molecular complexity index is 492. The van der Waals surface area contributed by atoms with Gasteiger partial charge >= 0.3 is 0 Å². The van der Waals surface area contributed by atoms with Gasteiger partial charge in [0, 0.05) is 24.6 Å². The van der Waals surface area contributed by atoms with Gasteiger partial charge in [0.25, 0.3) is 0 Å². The van der Waals surface area contributed by atoms with Gasteiger partial charge in [-0.1, -0.05) is 18.1 Å². The summed E-state index contributed by atoms with van der Waals surface area (Å²) in [4.78, 5) is 6.40. The SMILES string of the molecule is C#CC(N=C(N)N1CCSCC1)c1ccc(F)cc1.I. The molecule has 1 unspecified atom stereocenters. The number of halogens is 2. The summed E-state index contributed by atoms with van der Waals surface area (Å²) in [5, 5.41) is 0. The molecule has 1 aromatic rings. The Morgan fingerprint density at radius 2 is 1.95 bits per heavy atom. The van der Waals surface area contributed by atoms with Crippen LogP contribution in [-0.2, 0) is 0 Å². The Morgan fingerprint density at radius 1 is 1.35 bits per heavy atom. The molecule has 0 radical (unpaired) electrons. The van der Waals surface area contributed by atoms with E-state index in [9.17, 15) is 4.39 Å². The molecule has 1 heterocycles. The number of thioether (sulfide) groups is 1. The first-order chi connectivity index (χ1) is 9.20. The Morgan fingerprint density at radius 3 is 2.50 bits per heavy atom. The van der Waals surface area contributed by atoms with Crippen LogP contribution >= 0.6 is 35.7 Å². The van der Waals surface area contributed by atoms with Crippen LogP contribution in [0.3, 0.4) is 0 Å². The second-order valence-corrected chi connectivity index (χ2v) is 5.43. The van der Waals surface area contributed by atoms with Crippen LogP contribution in [0.4, 0.5) is 4.39 Å². The van der Waals surface area contributed by atoms with Crippen LogP contribution in [0.2, 0.25) is 0 Å². The molecule has 1 aliphatic rings. The zero-order chi connectivity index (χ0) is 13.7. The summed E-state index contributed by atoms with van der Waals surface area (Å²) < 4.78 is 12.9. The minimum atomic E-state index is -0.463. The molecule has 1 aliphatic heterocycles. The van der Waals surface area contributed by atoms with Gasteiger partial charge in [0.2, 0.25) is 0 Å². The van der Waals surface area contributed by atoms with E-state index in [-0.39, 0.29) is 29.8 Å². The van der Waals surface area contributed by atoms with Crippen LogP contribution in [0.5, 0.6) is 0 Å². The first kappa shape index (κ1) is 17.1. The summed E-state index contributed by atoms with van der Waals surface area (Å²) in [5.41, 5.74) is 6.77. The van der Waals surface area contributed by atoms with E-state index in [0.29, 0.717) is 5.96 Å². The number of terminal acetylenes is 1. The fourth-order valence-corrected chi connectivity index (χ4v) is 2.76. The lowest BCUT2D eigenvalue weighted by Gasteiger charge is -2.27. The van der Waals surface area contributed by atoms with Crippen molar-refractivity contribution in [3.63, 3.8) is 0 Å². The van der Waals surface area contributed by atoms with Crippen molar-refractivity contribution in [2.45, 2.75) is 6.04 Å². The maximum atomic E-state index is 12.9. The van der Waals surface area contributed by atoms with Gasteiger partial charge in [-0.05, 0) is 17.7 Å². The summed E-state index contributed by atoms with van der Waals surface area (Å²) >= 11 is 1.90. The molecule has 1 fully saturated rings. The summed E-state index contributed by atoms with van der Waals surface area (Å²) in [6, 6.07) is 5.58. The first-order valence-electron chi connectivity index (χ1n) is 6.08. The van der Waals surface area contributed by atoms with Crippen molar-refractivity contribution < 1.29 is 4.39 Å². The third-order valence-corrected chi connectivity index (χ3v) is 3.88. The summed E-state index contributed by atoms with van der Waals surface area (Å²) in [5.74, 6) is 4.86. The Balaban J connectivity index is 0.00000200. The molecular formula is C14H17FIN3S. The van der Waals surface area contributed by atoms with Gasteiger partial charge in [0.1, 0.15) is 11.9 Å². The van der Waals surface area contributed by atoms with E-state index < -0.39 is 6.04 Å². The Labute approximate surface area is 140 Å². The minimum Gasteiger partial charge on any atom is -0.370 e. The highest BCUT2D eigenvalue weighted by Crippen LogP contribution is 2.18. The predicted octanol–water partition coefficient (Wildman–Crippen LogP) is 2.48. The summed E-state index contributed by atoms with van der Waals surface area (Å²) in [6.07, 6.45) is 5.49. The van der Waals surface area contributed by atoms with Crippen molar-refractivity contribution in [1.29, 1.82) is 0 Å². The lowest BCUT2D eigenvalue weighted by molar-refractivity contribution is 0.454. The molecule has 1 atom stereocenters. The third-order valence-electron chi connectivity index (χ3n) is 2.94. The van der Waals surface area contributed by atoms with E-state index in [1.165, 1.54) is 12.1 Å². The van der Waals surface area contributed by atoms with Crippen LogP contribution in [0.1, 0.15) is 11.6 Å². The number of nitrogens with two attached hydrogens (primary N) is 1. The average molecular weight is 405 g/mol. The standard InChI is InChI=1S/C14H16FN3S.HI/c1-2-13(11-3-5-12(15)6-4-11)17-14(16)18-7-9-19-10-8-18;/h1,3-6,13H,7-10H2,(H2,16,17);1H. The number of benzene rings is 1. The van der Waals surface area contributed by atoms with Crippen LogP contribution in [0.15, 0.2) is 29.3 Å². The second kappa shape index (κ2) is 8.37. The molecular weight excluding hydrogens is 388 g/mol. The largest absolute Gasteiger partial charge is 0.370 e. The average Bonchev–Trinajstić information content (AvgIpc) is 2.46. The number of hydrogen-bond acceptors (Lipinski definition) is 2. The summed E-state index contributed by atoms with van der Waals surface area (Å²) in [7, 11) is 0. The molecule has 0 aliphatic carbocycles. The smallest absolute Gasteiger partial charge is 0.192 e. The predicted molar refractivity (Wildman–Crippen MR) is 93.9 cm³/mol. The number of nitrogens with zero attached hydrogens (tertiary/aromatic N) is 2. The van der Waals surface area contributed by atoms with Crippen molar-refractivity contribution in [3.8, 4) is 12.3 Å². The van der Waals surface area contributed by atoms with Gasteiger partial charge in [-0.25, -0.2) is 9.38 Å². The van der Waals surface area contributed by atoms with Crippen molar-refractivity contribution in [1.82, 2.24) is 4.90 Å². The van der Waals surface area contributed by atoms with Crippen molar-refractivity contribution in [2.75, 3.05) is 24.6 Å². The van der Waals surface area contributed by atoms with Gasteiger partial charge in [0.05, 0.1) is 0 Å². The topological polar surface area (TPSA) is 41.6 Å². The van der Waals surface area contributed by atoms with E-state index in [4.69, 9.17) is 12.2 Å². The molecule has 6 heteroatoms. The quantitative estimate of drug-likeness (QED) is 0.356. The third kappa shape index (κ3) is 4.56. The van der Waals surface area contributed by atoms with Gasteiger partial charge in [-0.2, -0.15) is 11.8 Å². The van der Waals surface area contributed by atoms with Gasteiger partial charge in [-0.15, -0.1) is 30.4 Å². The molecule has 0 aromatic heterocycles. The van der Waals surface area contributed by atoms with Crippen molar-refractivity contribution in [2.24, 2.45) is 10.7 Å². The minimum absolute atomic E-state index is 0. The molecule has 20 heavy (non-hydrogen) atoms. The molecule has 0 saturated carbocycles. The fraction of sp³-hybridized carbons (Fsp3) is 0.357. The molecule has 2 rings (SSSR count). The maximum absolute atomic E-state index is 12.9. The van der Waals surface area contributed by atoms with E-state index in [0.717, 1.165) is 30.2 Å². The van der Waals surface area contributed by atoms with E-state index in [1.54, 1.807) is 12.1 Å². The number of hydrogen-bond donors (Lipinski definition) is 1. The highest BCUT2D eigenvalue weighted by atomic mass is 127. The monoisotopic (exact) mass is 405 g/mol. The van der Waals surface area contributed by atoms with E-state index >= 15 is 0 Å². The summed E-state index contributed by atoms with van der Waals surface area (Å²) in [6.45, 7) is 1.78. The number of aliphatic imine (C=N–C) groups is 1. The zero-order valence-corrected chi connectivity index (χ0v) is 14.1. The van der Waals surface area contributed by atoms with Crippen LogP contribution in [0, 0.1) is 18.2 Å². The number of rotatable bonds is 2. The zero-order valence-electron chi connectivity index (χ0n) is 11.0. The fourth-order valence-electron chi connectivity index (χ4n) is 1.86. The van der Waals surface area contributed by atoms with Gasteiger partial charge in [0.15, 0.2) is 5.96 Å². The van der Waals surface area contributed by atoms with Crippen LogP contribution in [0.25, 0.3) is 0 Å². The van der Waals surface area contributed by atoms with Crippen molar-refractivity contribution >= 4 is 41.7 Å². The maximum Gasteiger partial charge on any atom is 0.192 e. The molecule has 0 amide bonds. The van der Waals surface area contributed by atoms with Crippen LogP contribution < -0.4 is 5.73 Å². The van der Waals surface area contributed by atoms with E-state index in [1.807, 2.05) is 16.7 Å². The molecule has 0 bridgehead atoms. The molecule has 3 nitrogen and oxygen atoms in total. The lowest BCUT2D eigenvalue weighted by Crippen LogP contribution is -2.42. The molecule has 0 spiro atoms. The van der Waals surface area contributed by atoms with Gasteiger partial charge < -0.3 is 10.6 Å². The highest BCUT2D eigenvalue weighted by Gasteiger charge is 2.14. The Hall–Kier alpha value is -0.940. The first-order valence-corrected chi connectivity index (χ1v) is 7.23. The number of guanidine groups is 1. The second-order valence-electron chi connectivity index (χ2n) is 4.21. The molecule has 1 aromatic carbocycles. The Kier molecular flexibility index (Phi) is 7.16. The lowest BCUT2D eigenvalue weighted by atomic mass is 10.1. The van der Waals surface area contributed by atoms with E-state index in [2.05, 4.69) is 10.9 Å². The normalized spacial score (nSPS) is 17.0. The molecule has 1 saturated heterocycles.